The molecule has 0 aliphatic carbocycles. The maximum atomic E-state index is 13.3. The standard InChI is InChI=1S/C19H14FN5O2S/c20-13-5-3-4-12(8-13)9-17-24-25-19(28-17)23-16(26)10-27-18-14-6-1-2-7-15(14)21-11-22-18/h1-8,11H,9-10H2,(H,23,25,26). The second-order valence-electron chi connectivity index (χ2n) is 5.84. The molecular formula is C19H14FN5O2S. The van der Waals surface area contributed by atoms with Crippen molar-refractivity contribution in [1.29, 1.82) is 0 Å². The van der Waals surface area contributed by atoms with Crippen molar-refractivity contribution in [1.82, 2.24) is 20.2 Å². The molecular weight excluding hydrogens is 381 g/mol. The highest BCUT2D eigenvalue weighted by Gasteiger charge is 2.11. The zero-order valence-electron chi connectivity index (χ0n) is 14.5. The maximum absolute atomic E-state index is 13.3. The number of carbonyl (C=O) groups excluding carboxylic acids is 1. The largest absolute Gasteiger partial charge is 0.467 e. The summed E-state index contributed by atoms with van der Waals surface area (Å²) in [5.41, 5.74) is 1.52. The van der Waals surface area contributed by atoms with Crippen molar-refractivity contribution in [2.24, 2.45) is 0 Å². The minimum atomic E-state index is -0.379. The normalized spacial score (nSPS) is 10.8. The molecule has 1 amide bonds. The van der Waals surface area contributed by atoms with E-state index in [4.69, 9.17) is 4.74 Å². The lowest BCUT2D eigenvalue weighted by atomic mass is 10.1. The molecule has 7 nitrogen and oxygen atoms in total. The van der Waals surface area contributed by atoms with Gasteiger partial charge in [-0.25, -0.2) is 14.4 Å². The molecule has 0 bridgehead atoms. The van der Waals surface area contributed by atoms with E-state index in [2.05, 4.69) is 25.5 Å². The van der Waals surface area contributed by atoms with Crippen molar-refractivity contribution < 1.29 is 13.9 Å². The Labute approximate surface area is 163 Å². The van der Waals surface area contributed by atoms with Gasteiger partial charge in [-0.05, 0) is 29.8 Å². The van der Waals surface area contributed by atoms with Crippen LogP contribution in [0.4, 0.5) is 9.52 Å². The second-order valence-corrected chi connectivity index (χ2v) is 6.90. The number of benzene rings is 2. The Morgan fingerprint density at radius 1 is 1.11 bits per heavy atom. The first-order valence-electron chi connectivity index (χ1n) is 8.36. The van der Waals surface area contributed by atoms with E-state index in [1.165, 1.54) is 29.8 Å². The zero-order valence-corrected chi connectivity index (χ0v) is 15.3. The Balaban J connectivity index is 1.36. The van der Waals surface area contributed by atoms with E-state index in [0.29, 0.717) is 22.4 Å². The highest BCUT2D eigenvalue weighted by molar-refractivity contribution is 7.15. The van der Waals surface area contributed by atoms with Crippen LogP contribution in [-0.4, -0.2) is 32.7 Å². The molecule has 0 fully saturated rings. The van der Waals surface area contributed by atoms with Gasteiger partial charge in [-0.15, -0.1) is 10.2 Å². The Kier molecular flexibility index (Phi) is 5.16. The molecule has 0 spiro atoms. The third-order valence-corrected chi connectivity index (χ3v) is 4.64. The van der Waals surface area contributed by atoms with Gasteiger partial charge in [0.1, 0.15) is 17.2 Å². The minimum absolute atomic E-state index is 0.222. The molecule has 2 aromatic carbocycles. The van der Waals surface area contributed by atoms with Crippen LogP contribution in [-0.2, 0) is 11.2 Å². The molecule has 140 valence electrons. The minimum Gasteiger partial charge on any atom is -0.467 e. The van der Waals surface area contributed by atoms with Crippen LogP contribution >= 0.6 is 11.3 Å². The zero-order chi connectivity index (χ0) is 19.3. The fourth-order valence-corrected chi connectivity index (χ4v) is 3.37. The quantitative estimate of drug-likeness (QED) is 0.539. The number of para-hydroxylation sites is 1. The van der Waals surface area contributed by atoms with Gasteiger partial charge in [0.25, 0.3) is 5.91 Å². The first kappa shape index (κ1) is 17.9. The molecule has 0 aliphatic heterocycles. The fourth-order valence-electron chi connectivity index (χ4n) is 2.58. The Hall–Kier alpha value is -3.46. The number of carbonyl (C=O) groups is 1. The highest BCUT2D eigenvalue weighted by Crippen LogP contribution is 2.21. The molecule has 2 aromatic heterocycles. The van der Waals surface area contributed by atoms with E-state index in [1.807, 2.05) is 30.3 Å². The van der Waals surface area contributed by atoms with Gasteiger partial charge in [0.15, 0.2) is 6.61 Å². The smallest absolute Gasteiger partial charge is 0.264 e. The van der Waals surface area contributed by atoms with Crippen LogP contribution in [0.25, 0.3) is 10.9 Å². The fraction of sp³-hybridized carbons (Fsp3) is 0.105. The van der Waals surface area contributed by atoms with Gasteiger partial charge in [0.05, 0.1) is 10.9 Å². The molecule has 1 N–H and O–H groups in total. The van der Waals surface area contributed by atoms with Crippen molar-refractivity contribution in [2.45, 2.75) is 6.42 Å². The number of ether oxygens (including phenoxy) is 1. The van der Waals surface area contributed by atoms with Gasteiger partial charge in [-0.2, -0.15) is 0 Å². The molecule has 4 rings (SSSR count). The van der Waals surface area contributed by atoms with Crippen molar-refractivity contribution in [2.75, 3.05) is 11.9 Å². The molecule has 4 aromatic rings. The molecule has 0 aliphatic rings. The molecule has 0 unspecified atom stereocenters. The predicted molar refractivity (Wildman–Crippen MR) is 103 cm³/mol. The van der Waals surface area contributed by atoms with Gasteiger partial charge < -0.3 is 4.74 Å². The van der Waals surface area contributed by atoms with Crippen LogP contribution < -0.4 is 10.1 Å². The molecule has 28 heavy (non-hydrogen) atoms. The summed E-state index contributed by atoms with van der Waals surface area (Å²) < 4.78 is 18.8. The first-order valence-corrected chi connectivity index (χ1v) is 9.18. The summed E-state index contributed by atoms with van der Waals surface area (Å²) in [5, 5.41) is 12.4. The van der Waals surface area contributed by atoms with Crippen molar-refractivity contribution in [3.8, 4) is 5.88 Å². The number of nitrogens with one attached hydrogen (secondary N) is 1. The van der Waals surface area contributed by atoms with E-state index in [0.717, 1.165) is 16.5 Å². The molecule has 0 saturated heterocycles. The van der Waals surface area contributed by atoms with E-state index in [1.54, 1.807) is 6.07 Å². The number of fused-ring (bicyclic) bond motifs is 1. The van der Waals surface area contributed by atoms with E-state index < -0.39 is 0 Å². The van der Waals surface area contributed by atoms with Crippen LogP contribution in [0.2, 0.25) is 0 Å². The number of nitrogens with zero attached hydrogens (tertiary/aromatic N) is 4. The van der Waals surface area contributed by atoms with Gasteiger partial charge in [-0.1, -0.05) is 35.6 Å². The Morgan fingerprint density at radius 3 is 2.89 bits per heavy atom. The lowest BCUT2D eigenvalue weighted by Gasteiger charge is -2.06. The van der Waals surface area contributed by atoms with Crippen LogP contribution in [0.1, 0.15) is 10.6 Å². The lowest BCUT2D eigenvalue weighted by molar-refractivity contribution is -0.118. The maximum Gasteiger partial charge on any atom is 0.264 e. The molecule has 0 radical (unpaired) electrons. The van der Waals surface area contributed by atoms with Crippen LogP contribution in [0.5, 0.6) is 5.88 Å². The van der Waals surface area contributed by atoms with Gasteiger partial charge in [0.2, 0.25) is 11.0 Å². The number of halogens is 1. The van der Waals surface area contributed by atoms with Crippen molar-refractivity contribution >= 4 is 33.3 Å². The summed E-state index contributed by atoms with van der Waals surface area (Å²) in [6, 6.07) is 13.7. The Bertz CT molecular complexity index is 1130. The summed E-state index contributed by atoms with van der Waals surface area (Å²) in [4.78, 5) is 20.4. The topological polar surface area (TPSA) is 89.9 Å². The van der Waals surface area contributed by atoms with Crippen molar-refractivity contribution in [3.63, 3.8) is 0 Å². The van der Waals surface area contributed by atoms with E-state index in [-0.39, 0.29) is 18.3 Å². The molecule has 0 saturated carbocycles. The number of anilines is 1. The summed E-state index contributed by atoms with van der Waals surface area (Å²) in [7, 11) is 0. The van der Waals surface area contributed by atoms with Crippen molar-refractivity contribution in [3.05, 3.63) is 71.2 Å². The van der Waals surface area contributed by atoms with Crippen LogP contribution in [0.15, 0.2) is 54.9 Å². The van der Waals surface area contributed by atoms with E-state index in [9.17, 15) is 9.18 Å². The third kappa shape index (κ3) is 4.26. The number of hydrogen-bond donors (Lipinski definition) is 1. The number of rotatable bonds is 6. The van der Waals surface area contributed by atoms with Crippen LogP contribution in [0.3, 0.4) is 0 Å². The SMILES string of the molecule is O=C(COc1ncnc2ccccc12)Nc1nnc(Cc2cccc(F)c2)s1. The number of aromatic nitrogens is 4. The second kappa shape index (κ2) is 8.05. The monoisotopic (exact) mass is 395 g/mol. The summed E-state index contributed by atoms with van der Waals surface area (Å²) in [6.07, 6.45) is 1.83. The number of amides is 1. The molecule has 0 atom stereocenters. The van der Waals surface area contributed by atoms with Gasteiger partial charge in [0, 0.05) is 6.42 Å². The van der Waals surface area contributed by atoms with Gasteiger partial charge >= 0.3 is 0 Å². The average molecular weight is 395 g/mol. The predicted octanol–water partition coefficient (Wildman–Crippen LogP) is 3.23. The van der Waals surface area contributed by atoms with Crippen LogP contribution in [0, 0.1) is 5.82 Å². The average Bonchev–Trinajstić information content (AvgIpc) is 3.13. The lowest BCUT2D eigenvalue weighted by Crippen LogP contribution is -2.20. The van der Waals surface area contributed by atoms with E-state index >= 15 is 0 Å². The highest BCUT2D eigenvalue weighted by atomic mass is 32.1. The molecule has 2 heterocycles. The number of hydrogen-bond acceptors (Lipinski definition) is 7. The molecule has 9 heteroatoms. The summed E-state index contributed by atoms with van der Waals surface area (Å²) in [5.74, 6) is -0.342. The third-order valence-electron chi connectivity index (χ3n) is 3.80. The first-order chi connectivity index (χ1) is 13.7. The van der Waals surface area contributed by atoms with Gasteiger partial charge in [-0.3, -0.25) is 10.1 Å². The summed E-state index contributed by atoms with van der Waals surface area (Å²) in [6.45, 7) is -0.222. The Morgan fingerprint density at radius 2 is 2.00 bits per heavy atom. The summed E-state index contributed by atoms with van der Waals surface area (Å²) >= 11 is 1.23.